The first-order valence-electron chi connectivity index (χ1n) is 7.42. The molecule has 0 saturated heterocycles. The lowest BCUT2D eigenvalue weighted by Crippen LogP contribution is -2.45. The maximum absolute atomic E-state index is 10.8. The Morgan fingerprint density at radius 1 is 1.40 bits per heavy atom. The second kappa shape index (κ2) is 5.92. The summed E-state index contributed by atoms with van der Waals surface area (Å²) in [7, 11) is 0. The summed E-state index contributed by atoms with van der Waals surface area (Å²) in [5.41, 5.74) is 7.45. The minimum absolute atomic E-state index is 0.155. The smallest absolute Gasteiger partial charge is 0.269 e. The summed E-state index contributed by atoms with van der Waals surface area (Å²) in [6, 6.07) is 6.87. The highest BCUT2D eigenvalue weighted by Crippen LogP contribution is 2.36. The van der Waals surface area contributed by atoms with Crippen molar-refractivity contribution in [1.29, 1.82) is 0 Å². The zero-order valence-electron chi connectivity index (χ0n) is 12.3. The predicted molar refractivity (Wildman–Crippen MR) is 80.5 cm³/mol. The molecule has 1 aliphatic rings. The van der Waals surface area contributed by atoms with Crippen molar-refractivity contribution in [3.8, 4) is 0 Å². The molecule has 110 valence electrons. The minimum atomic E-state index is -0.345. The first-order chi connectivity index (χ1) is 9.39. The molecule has 1 aliphatic carbocycles. The van der Waals surface area contributed by atoms with Crippen molar-refractivity contribution in [3.63, 3.8) is 0 Å². The predicted octanol–water partition coefficient (Wildman–Crippen LogP) is 3.68. The second-order valence-corrected chi connectivity index (χ2v) is 6.55. The Bertz CT molecular complexity index is 477. The zero-order chi connectivity index (χ0) is 14.8. The van der Waals surface area contributed by atoms with E-state index < -0.39 is 0 Å². The van der Waals surface area contributed by atoms with Crippen molar-refractivity contribution in [2.45, 2.75) is 51.5 Å². The number of nitrogens with two attached hydrogens (primary N) is 1. The molecule has 0 bridgehead atoms. The van der Waals surface area contributed by atoms with Crippen molar-refractivity contribution in [1.82, 2.24) is 0 Å². The number of rotatable bonds is 4. The van der Waals surface area contributed by atoms with Gasteiger partial charge in [-0.3, -0.25) is 10.1 Å². The van der Waals surface area contributed by atoms with Gasteiger partial charge in [-0.2, -0.15) is 0 Å². The topological polar surface area (TPSA) is 69.2 Å². The van der Waals surface area contributed by atoms with Crippen LogP contribution in [0.25, 0.3) is 0 Å². The second-order valence-electron chi connectivity index (χ2n) is 6.55. The van der Waals surface area contributed by atoms with Gasteiger partial charge >= 0.3 is 0 Å². The average Bonchev–Trinajstić information content (AvgIpc) is 2.39. The van der Waals surface area contributed by atoms with Gasteiger partial charge in [-0.25, -0.2) is 0 Å². The Hall–Kier alpha value is -1.42. The molecule has 0 atom stereocenters. The summed E-state index contributed by atoms with van der Waals surface area (Å²) in [5.74, 6) is 1.49. The summed E-state index contributed by atoms with van der Waals surface area (Å²) < 4.78 is 0. The quantitative estimate of drug-likeness (QED) is 0.673. The molecule has 4 heteroatoms. The minimum Gasteiger partial charge on any atom is -0.325 e. The van der Waals surface area contributed by atoms with Crippen LogP contribution in [0.3, 0.4) is 0 Å². The van der Waals surface area contributed by atoms with Crippen molar-refractivity contribution >= 4 is 5.69 Å². The van der Waals surface area contributed by atoms with Gasteiger partial charge in [0.1, 0.15) is 0 Å². The summed E-state index contributed by atoms with van der Waals surface area (Å²) in [6.07, 6.45) is 5.10. The number of nitro groups is 1. The lowest BCUT2D eigenvalue weighted by Gasteiger charge is -2.38. The summed E-state index contributed by atoms with van der Waals surface area (Å²) in [4.78, 5) is 10.5. The van der Waals surface area contributed by atoms with Crippen LogP contribution in [0.4, 0.5) is 5.69 Å². The van der Waals surface area contributed by atoms with E-state index in [1.165, 1.54) is 18.9 Å². The van der Waals surface area contributed by atoms with Gasteiger partial charge in [0.05, 0.1) is 4.92 Å². The van der Waals surface area contributed by atoms with Gasteiger partial charge in [-0.1, -0.05) is 26.0 Å². The number of hydrogen-bond donors (Lipinski definition) is 1. The van der Waals surface area contributed by atoms with Crippen LogP contribution < -0.4 is 5.73 Å². The van der Waals surface area contributed by atoms with Crippen LogP contribution in [0.2, 0.25) is 0 Å². The summed E-state index contributed by atoms with van der Waals surface area (Å²) in [5, 5.41) is 10.8. The Morgan fingerprint density at radius 3 is 2.60 bits per heavy atom. The molecular weight excluding hydrogens is 252 g/mol. The monoisotopic (exact) mass is 276 g/mol. The van der Waals surface area contributed by atoms with Crippen LogP contribution in [0, 0.1) is 22.0 Å². The number of non-ortho nitro benzene ring substituents is 1. The van der Waals surface area contributed by atoms with Crippen molar-refractivity contribution in [2.75, 3.05) is 0 Å². The normalized spacial score (nSPS) is 26.7. The lowest BCUT2D eigenvalue weighted by molar-refractivity contribution is -0.384. The largest absolute Gasteiger partial charge is 0.325 e. The molecule has 0 aliphatic heterocycles. The van der Waals surface area contributed by atoms with E-state index in [4.69, 9.17) is 5.73 Å². The molecular formula is C16H24N2O2. The molecule has 2 rings (SSSR count). The molecule has 0 spiro atoms. The fourth-order valence-electron chi connectivity index (χ4n) is 3.25. The van der Waals surface area contributed by atoms with E-state index in [1.807, 2.05) is 6.07 Å². The lowest BCUT2D eigenvalue weighted by atomic mass is 9.71. The van der Waals surface area contributed by atoms with E-state index in [2.05, 4.69) is 13.8 Å². The van der Waals surface area contributed by atoms with Crippen LogP contribution in [0.1, 0.15) is 45.1 Å². The van der Waals surface area contributed by atoms with Crippen molar-refractivity contribution < 1.29 is 4.92 Å². The van der Waals surface area contributed by atoms with E-state index in [9.17, 15) is 10.1 Å². The van der Waals surface area contributed by atoms with Crippen LogP contribution in [0.5, 0.6) is 0 Å². The Balaban J connectivity index is 2.03. The number of nitro benzene ring substituents is 1. The number of hydrogen-bond acceptors (Lipinski definition) is 3. The SMILES string of the molecule is CC(C)C1CCC(N)(Cc2cccc([N+](=O)[O-])c2)CC1. The van der Waals surface area contributed by atoms with Crippen LogP contribution >= 0.6 is 0 Å². The van der Waals surface area contributed by atoms with Gasteiger partial charge in [0.2, 0.25) is 0 Å². The van der Waals surface area contributed by atoms with E-state index >= 15 is 0 Å². The molecule has 4 nitrogen and oxygen atoms in total. The first-order valence-corrected chi connectivity index (χ1v) is 7.42. The van der Waals surface area contributed by atoms with Crippen molar-refractivity contribution in [3.05, 3.63) is 39.9 Å². The fraction of sp³-hybridized carbons (Fsp3) is 0.625. The number of benzene rings is 1. The molecule has 0 unspecified atom stereocenters. The molecule has 20 heavy (non-hydrogen) atoms. The summed E-state index contributed by atoms with van der Waals surface area (Å²) in [6.45, 7) is 4.55. The molecule has 1 aromatic carbocycles. The molecule has 2 N–H and O–H groups in total. The molecule has 0 heterocycles. The fourth-order valence-corrected chi connectivity index (χ4v) is 3.25. The zero-order valence-corrected chi connectivity index (χ0v) is 12.3. The molecule has 1 fully saturated rings. The standard InChI is InChI=1S/C16H24N2O2/c1-12(2)14-6-8-16(17,9-7-14)11-13-4-3-5-15(10-13)18(19)20/h3-5,10,12,14H,6-9,11,17H2,1-2H3. The van der Waals surface area contributed by atoms with Gasteiger partial charge in [0.15, 0.2) is 0 Å². The third-order valence-electron chi connectivity index (χ3n) is 4.65. The molecule has 0 radical (unpaired) electrons. The average molecular weight is 276 g/mol. The van der Waals surface area contributed by atoms with E-state index in [-0.39, 0.29) is 16.1 Å². The highest BCUT2D eigenvalue weighted by atomic mass is 16.6. The highest BCUT2D eigenvalue weighted by molar-refractivity contribution is 5.35. The number of nitrogens with zero attached hydrogens (tertiary/aromatic N) is 1. The third kappa shape index (κ3) is 3.57. The van der Waals surface area contributed by atoms with Crippen LogP contribution in [0.15, 0.2) is 24.3 Å². The Kier molecular flexibility index (Phi) is 4.43. The molecule has 1 saturated carbocycles. The van der Waals surface area contributed by atoms with E-state index in [0.717, 1.165) is 36.7 Å². The molecule has 0 amide bonds. The maximum Gasteiger partial charge on any atom is 0.269 e. The highest BCUT2D eigenvalue weighted by Gasteiger charge is 2.32. The summed E-state index contributed by atoms with van der Waals surface area (Å²) >= 11 is 0. The first kappa shape index (κ1) is 15.0. The third-order valence-corrected chi connectivity index (χ3v) is 4.65. The molecule has 0 aromatic heterocycles. The van der Waals surface area contributed by atoms with E-state index in [1.54, 1.807) is 12.1 Å². The van der Waals surface area contributed by atoms with Crippen LogP contribution in [-0.4, -0.2) is 10.5 Å². The maximum atomic E-state index is 10.8. The van der Waals surface area contributed by atoms with Gasteiger partial charge < -0.3 is 5.73 Å². The Morgan fingerprint density at radius 2 is 2.05 bits per heavy atom. The van der Waals surface area contributed by atoms with Gasteiger partial charge in [0, 0.05) is 17.7 Å². The van der Waals surface area contributed by atoms with E-state index in [0.29, 0.717) is 0 Å². The Labute approximate surface area is 120 Å². The van der Waals surface area contributed by atoms with Gasteiger partial charge in [-0.05, 0) is 49.5 Å². The van der Waals surface area contributed by atoms with Crippen LogP contribution in [-0.2, 0) is 6.42 Å². The molecule has 1 aromatic rings. The van der Waals surface area contributed by atoms with Gasteiger partial charge in [-0.15, -0.1) is 0 Å². The van der Waals surface area contributed by atoms with Gasteiger partial charge in [0.25, 0.3) is 5.69 Å². The van der Waals surface area contributed by atoms with Crippen molar-refractivity contribution in [2.24, 2.45) is 17.6 Å².